The second kappa shape index (κ2) is 11.6. The number of anilines is 2. The number of likely N-dealkylation sites (tertiary alicyclic amines) is 1. The number of carbonyl (C=O) groups is 1. The van der Waals surface area contributed by atoms with Gasteiger partial charge < -0.3 is 15.0 Å². The van der Waals surface area contributed by atoms with Crippen molar-refractivity contribution in [1.82, 2.24) is 24.6 Å². The molecule has 1 atom stereocenters. The summed E-state index contributed by atoms with van der Waals surface area (Å²) in [6.07, 6.45) is 6.15. The zero-order valence-electron chi connectivity index (χ0n) is 22.3. The molecule has 1 aliphatic heterocycles. The lowest BCUT2D eigenvalue weighted by Gasteiger charge is -2.32. The zero-order chi connectivity index (χ0) is 27.4. The molecule has 1 unspecified atom stereocenters. The first-order valence-corrected chi connectivity index (χ1v) is 13.5. The van der Waals surface area contributed by atoms with Crippen molar-refractivity contribution in [3.8, 4) is 17.0 Å². The molecule has 5 rings (SSSR count). The summed E-state index contributed by atoms with van der Waals surface area (Å²) in [6, 6.07) is 14.4. The van der Waals surface area contributed by atoms with E-state index in [-0.39, 0.29) is 18.1 Å². The average molecular weight is 529 g/mol. The smallest absolute Gasteiger partial charge is 0.246 e. The van der Waals surface area contributed by atoms with Crippen LogP contribution in [0.4, 0.5) is 15.9 Å². The van der Waals surface area contributed by atoms with Crippen molar-refractivity contribution in [1.29, 1.82) is 0 Å². The molecule has 4 aromatic rings. The molecular formula is C30H33FN6O2. The molecule has 0 bridgehead atoms. The van der Waals surface area contributed by atoms with Gasteiger partial charge in [0.25, 0.3) is 0 Å². The van der Waals surface area contributed by atoms with Crippen LogP contribution in [0.1, 0.15) is 45.6 Å². The maximum absolute atomic E-state index is 15.7. The molecule has 2 aromatic heterocycles. The van der Waals surface area contributed by atoms with Gasteiger partial charge in [-0.05, 0) is 56.0 Å². The predicted molar refractivity (Wildman–Crippen MR) is 150 cm³/mol. The normalized spacial score (nSPS) is 15.5. The second-order valence-corrected chi connectivity index (χ2v) is 9.69. The molecule has 202 valence electrons. The molecule has 39 heavy (non-hydrogen) atoms. The molecule has 1 N–H and O–H groups in total. The lowest BCUT2D eigenvalue weighted by atomic mass is 10.1. The van der Waals surface area contributed by atoms with E-state index >= 15 is 4.39 Å². The molecule has 1 amide bonds. The Morgan fingerprint density at radius 2 is 2.00 bits per heavy atom. The van der Waals surface area contributed by atoms with Crippen LogP contribution in [0, 0.1) is 5.82 Å². The Bertz CT molecular complexity index is 1470. The number of benzene rings is 2. The van der Waals surface area contributed by atoms with Crippen LogP contribution in [0.5, 0.6) is 5.75 Å². The van der Waals surface area contributed by atoms with Crippen molar-refractivity contribution in [2.45, 2.75) is 51.7 Å². The van der Waals surface area contributed by atoms with Crippen molar-refractivity contribution < 1.29 is 13.9 Å². The van der Waals surface area contributed by atoms with Crippen molar-refractivity contribution in [2.75, 3.05) is 18.4 Å². The SMILES string of the molecule is C=CC(=O)N1CCCC(n2nc(-c3ccc(OC(CC)CC)cc3F)c3c(Nc4ccccc4)ncnc32)C1. The van der Waals surface area contributed by atoms with E-state index in [1.165, 1.54) is 18.5 Å². The summed E-state index contributed by atoms with van der Waals surface area (Å²) in [4.78, 5) is 23.2. The van der Waals surface area contributed by atoms with Gasteiger partial charge in [0.1, 0.15) is 29.4 Å². The first-order valence-electron chi connectivity index (χ1n) is 13.5. The van der Waals surface area contributed by atoms with E-state index in [1.807, 2.05) is 48.9 Å². The highest BCUT2D eigenvalue weighted by atomic mass is 19.1. The minimum Gasteiger partial charge on any atom is -0.490 e. The highest BCUT2D eigenvalue weighted by molar-refractivity contribution is 6.00. The maximum atomic E-state index is 15.7. The Hall–Kier alpha value is -4.27. The van der Waals surface area contributed by atoms with Gasteiger partial charge in [0, 0.05) is 30.4 Å². The van der Waals surface area contributed by atoms with E-state index in [2.05, 4.69) is 21.9 Å². The number of nitrogens with zero attached hydrogens (tertiary/aromatic N) is 5. The number of fused-ring (bicyclic) bond motifs is 1. The standard InChI is InChI=1S/C30H33FN6O2/c1-4-22(5-2)39-23-14-15-24(25(31)17-23)28-27-29(34-20-11-8-7-9-12-20)32-19-33-30(27)37(35-28)21-13-10-16-36(18-21)26(38)6-3/h6-9,11-12,14-15,17,19,21-22H,3-5,10,13,16,18H2,1-2H3,(H,32,33,34). The molecule has 8 nitrogen and oxygen atoms in total. The van der Waals surface area contributed by atoms with Crippen LogP contribution in [0.3, 0.4) is 0 Å². The fourth-order valence-electron chi connectivity index (χ4n) is 5.06. The van der Waals surface area contributed by atoms with E-state index in [0.29, 0.717) is 46.9 Å². The van der Waals surface area contributed by atoms with E-state index in [4.69, 9.17) is 9.84 Å². The van der Waals surface area contributed by atoms with Crippen LogP contribution in [-0.4, -0.2) is 49.7 Å². The van der Waals surface area contributed by atoms with Gasteiger partial charge in [-0.25, -0.2) is 19.0 Å². The molecule has 2 aromatic carbocycles. The third kappa shape index (κ3) is 5.48. The Balaban J connectivity index is 1.62. The summed E-state index contributed by atoms with van der Waals surface area (Å²) < 4.78 is 23.5. The third-order valence-electron chi connectivity index (χ3n) is 7.16. The minimum atomic E-state index is -0.438. The van der Waals surface area contributed by atoms with Gasteiger partial charge in [-0.3, -0.25) is 4.79 Å². The molecule has 0 spiro atoms. The Morgan fingerprint density at radius 3 is 2.72 bits per heavy atom. The number of amides is 1. The fraction of sp³-hybridized carbons (Fsp3) is 0.333. The van der Waals surface area contributed by atoms with Crippen LogP contribution in [-0.2, 0) is 4.79 Å². The third-order valence-corrected chi connectivity index (χ3v) is 7.16. The number of piperidine rings is 1. The second-order valence-electron chi connectivity index (χ2n) is 9.69. The van der Waals surface area contributed by atoms with Gasteiger partial charge in [-0.2, -0.15) is 5.10 Å². The lowest BCUT2D eigenvalue weighted by molar-refractivity contribution is -0.127. The summed E-state index contributed by atoms with van der Waals surface area (Å²) in [5, 5.41) is 8.88. The fourth-order valence-corrected chi connectivity index (χ4v) is 5.06. The number of hydrogen-bond donors (Lipinski definition) is 1. The number of ether oxygens (including phenoxy) is 1. The Kier molecular flexibility index (Phi) is 7.86. The summed E-state index contributed by atoms with van der Waals surface area (Å²) in [5.41, 5.74) is 2.18. The van der Waals surface area contributed by atoms with Gasteiger partial charge in [-0.15, -0.1) is 0 Å². The van der Waals surface area contributed by atoms with Crippen LogP contribution < -0.4 is 10.1 Å². The summed E-state index contributed by atoms with van der Waals surface area (Å²) in [7, 11) is 0. The number of halogens is 1. The van der Waals surface area contributed by atoms with E-state index in [1.54, 1.807) is 17.0 Å². The van der Waals surface area contributed by atoms with Gasteiger partial charge >= 0.3 is 0 Å². The number of rotatable bonds is 9. The van der Waals surface area contributed by atoms with Crippen LogP contribution in [0.2, 0.25) is 0 Å². The number of nitrogens with one attached hydrogen (secondary N) is 1. The maximum Gasteiger partial charge on any atom is 0.246 e. The van der Waals surface area contributed by atoms with Gasteiger partial charge in [0.05, 0.1) is 17.5 Å². The predicted octanol–water partition coefficient (Wildman–Crippen LogP) is 6.29. The highest BCUT2D eigenvalue weighted by Gasteiger charge is 2.29. The van der Waals surface area contributed by atoms with Crippen molar-refractivity contribution in [3.63, 3.8) is 0 Å². The van der Waals surface area contributed by atoms with E-state index in [9.17, 15) is 4.79 Å². The number of aromatic nitrogens is 4. The molecule has 0 radical (unpaired) electrons. The number of carbonyl (C=O) groups excluding carboxylic acids is 1. The van der Waals surface area contributed by atoms with Gasteiger partial charge in [0.15, 0.2) is 5.65 Å². The summed E-state index contributed by atoms with van der Waals surface area (Å²) in [5.74, 6) is 0.459. The van der Waals surface area contributed by atoms with Crippen molar-refractivity contribution >= 4 is 28.4 Å². The Labute approximate surface area is 227 Å². The van der Waals surface area contributed by atoms with Crippen LogP contribution in [0.15, 0.2) is 67.5 Å². The lowest BCUT2D eigenvalue weighted by Crippen LogP contribution is -2.40. The molecule has 1 saturated heterocycles. The molecule has 1 aliphatic rings. The van der Waals surface area contributed by atoms with Crippen LogP contribution >= 0.6 is 0 Å². The number of para-hydroxylation sites is 1. The number of hydrogen-bond acceptors (Lipinski definition) is 6. The van der Waals surface area contributed by atoms with Crippen molar-refractivity contribution in [3.05, 3.63) is 73.3 Å². The first-order chi connectivity index (χ1) is 19.0. The van der Waals surface area contributed by atoms with E-state index < -0.39 is 5.82 Å². The summed E-state index contributed by atoms with van der Waals surface area (Å²) >= 11 is 0. The zero-order valence-corrected chi connectivity index (χ0v) is 22.3. The van der Waals surface area contributed by atoms with Gasteiger partial charge in [0.2, 0.25) is 5.91 Å². The van der Waals surface area contributed by atoms with Crippen molar-refractivity contribution in [2.24, 2.45) is 0 Å². The monoisotopic (exact) mass is 528 g/mol. The van der Waals surface area contributed by atoms with Crippen LogP contribution in [0.25, 0.3) is 22.3 Å². The highest BCUT2D eigenvalue weighted by Crippen LogP contribution is 2.37. The molecule has 3 heterocycles. The van der Waals surface area contributed by atoms with E-state index in [0.717, 1.165) is 31.4 Å². The van der Waals surface area contributed by atoms with Gasteiger partial charge in [-0.1, -0.05) is 38.6 Å². The summed E-state index contributed by atoms with van der Waals surface area (Å²) in [6.45, 7) is 8.86. The molecule has 0 aliphatic carbocycles. The molecule has 9 heteroatoms. The first kappa shape index (κ1) is 26.3. The largest absolute Gasteiger partial charge is 0.490 e. The molecule has 0 saturated carbocycles. The topological polar surface area (TPSA) is 85.2 Å². The molecular weight excluding hydrogens is 495 g/mol. The molecule has 1 fully saturated rings. The average Bonchev–Trinajstić information content (AvgIpc) is 3.36. The quantitative estimate of drug-likeness (QED) is 0.257. The Morgan fingerprint density at radius 1 is 1.21 bits per heavy atom. The minimum absolute atomic E-state index is 0.0258.